The Bertz CT molecular complexity index is 5290. The normalized spacial score (nSPS) is 12.5. The lowest BCUT2D eigenvalue weighted by atomic mass is 9.93. The van der Waals surface area contributed by atoms with Gasteiger partial charge in [-0.25, -0.2) is 9.97 Å². The molecule has 0 spiro atoms. The van der Waals surface area contributed by atoms with Crippen LogP contribution in [0, 0.1) is 0 Å². The molecule has 0 bridgehead atoms. The molecule has 0 radical (unpaired) electrons. The van der Waals surface area contributed by atoms with Crippen LogP contribution in [0.25, 0.3) is 94.6 Å². The SMILES string of the molecule is c1ccc(-c2nc(-c3ccccc3)nc(N3c4ccccc4N(c4c5ccccc5c(N5c6ccccc6N(c6nc(-c7ccccc7)nc(-c7ccccc7)n6)c6cc7c8ccccc8n(-c8cccnc8)c7cc65)c5ccccc45)c4ccccc43)n2)cc1. The van der Waals surface area contributed by atoms with Crippen molar-refractivity contribution in [2.24, 2.45) is 0 Å². The van der Waals surface area contributed by atoms with Crippen molar-refractivity contribution in [1.29, 1.82) is 0 Å². The van der Waals surface area contributed by atoms with Gasteiger partial charge in [0.05, 0.1) is 79.8 Å². The first-order valence-corrected chi connectivity index (χ1v) is 30.3. The third kappa shape index (κ3) is 8.34. The summed E-state index contributed by atoms with van der Waals surface area (Å²) in [5, 5.41) is 6.37. The van der Waals surface area contributed by atoms with E-state index in [0.717, 1.165) is 128 Å². The Morgan fingerprint density at radius 2 is 0.560 bits per heavy atom. The number of aromatic nitrogens is 8. The van der Waals surface area contributed by atoms with Gasteiger partial charge in [0.2, 0.25) is 11.9 Å². The number of pyridine rings is 1. The van der Waals surface area contributed by atoms with Crippen LogP contribution in [-0.2, 0) is 0 Å². The van der Waals surface area contributed by atoms with Gasteiger partial charge in [0, 0.05) is 60.8 Å². The molecule has 0 saturated carbocycles. The molecule has 4 aromatic heterocycles. The van der Waals surface area contributed by atoms with Gasteiger partial charge in [0.15, 0.2) is 23.3 Å². The summed E-state index contributed by atoms with van der Waals surface area (Å²) >= 11 is 0. The fourth-order valence-electron chi connectivity index (χ4n) is 13.4. The van der Waals surface area contributed by atoms with Crippen LogP contribution in [0.1, 0.15) is 0 Å². The summed E-state index contributed by atoms with van der Waals surface area (Å²) in [5.74, 6) is 3.30. The Morgan fingerprint density at radius 1 is 0.231 bits per heavy atom. The minimum atomic E-state index is 0.489. The minimum absolute atomic E-state index is 0.489. The molecule has 12 heteroatoms. The lowest BCUT2D eigenvalue weighted by Gasteiger charge is -2.42. The Hall–Kier alpha value is -12.7. The van der Waals surface area contributed by atoms with E-state index in [9.17, 15) is 0 Å². The number of anilines is 12. The van der Waals surface area contributed by atoms with Crippen LogP contribution in [0.4, 0.5) is 68.8 Å². The molecule has 0 amide bonds. The molecule has 16 aromatic rings. The van der Waals surface area contributed by atoms with Gasteiger partial charge in [0.25, 0.3) is 0 Å². The van der Waals surface area contributed by atoms with Crippen LogP contribution in [0.2, 0.25) is 0 Å². The highest BCUT2D eigenvalue weighted by atomic mass is 15.4. The van der Waals surface area contributed by atoms with Crippen LogP contribution in [-0.4, -0.2) is 39.5 Å². The Morgan fingerprint density at radius 3 is 0.956 bits per heavy atom. The number of hydrogen-bond acceptors (Lipinski definition) is 11. The third-order valence-corrected chi connectivity index (χ3v) is 17.3. The van der Waals surface area contributed by atoms with E-state index in [-0.39, 0.29) is 0 Å². The standard InChI is InChI=1S/C79H50N12/c1-5-26-51(27-6-1)74-81-75(52-28-7-2-8-29-52)84-78(83-74)90-66-44-22-19-41-63(66)88(64-42-20-23-45-67(64)90)72-57-36-13-15-38-59(57)73(60-39-16-14-37-58(60)72)89-65-43-21-24-46-68(65)91(79-85-76(53-30-9-3-10-31-53)82-77(86-79)54-32-11-4-12-33-54)70-48-61-56-35-17-18-40-62(56)87(69(61)49-71(70)89)55-34-25-47-80-50-55/h1-50H. The van der Waals surface area contributed by atoms with Gasteiger partial charge in [-0.05, 0) is 66.7 Å². The highest BCUT2D eigenvalue weighted by Gasteiger charge is 2.39. The second-order valence-corrected chi connectivity index (χ2v) is 22.5. The van der Waals surface area contributed by atoms with Crippen LogP contribution in [0.5, 0.6) is 0 Å². The van der Waals surface area contributed by atoms with Gasteiger partial charge in [-0.1, -0.05) is 224 Å². The van der Waals surface area contributed by atoms with E-state index < -0.39 is 0 Å². The molecule has 0 unspecified atom stereocenters. The van der Waals surface area contributed by atoms with Gasteiger partial charge in [0.1, 0.15) is 0 Å². The first-order chi connectivity index (χ1) is 45.2. The molecule has 0 N–H and O–H groups in total. The molecule has 0 aliphatic carbocycles. The maximum atomic E-state index is 5.46. The first kappa shape index (κ1) is 51.5. The van der Waals surface area contributed by atoms with Gasteiger partial charge in [-0.3, -0.25) is 14.8 Å². The molecule has 2 aliphatic heterocycles. The number of fused-ring (bicyclic) bond motifs is 9. The molecule has 91 heavy (non-hydrogen) atoms. The minimum Gasteiger partial charge on any atom is -0.308 e. The average Bonchev–Trinajstić information content (AvgIpc) is 1.61. The smallest absolute Gasteiger partial charge is 0.238 e. The van der Waals surface area contributed by atoms with Crippen molar-refractivity contribution in [3.05, 3.63) is 304 Å². The summed E-state index contributed by atoms with van der Waals surface area (Å²) in [4.78, 5) is 45.9. The van der Waals surface area contributed by atoms with Gasteiger partial charge in [-0.2, -0.15) is 19.9 Å². The highest BCUT2D eigenvalue weighted by molar-refractivity contribution is 6.26. The lowest BCUT2D eigenvalue weighted by molar-refractivity contribution is 1.01. The monoisotopic (exact) mass is 1170 g/mol. The fraction of sp³-hybridized carbons (Fsp3) is 0. The topological polar surface area (TPSA) is 108 Å². The van der Waals surface area contributed by atoms with Crippen molar-refractivity contribution in [2.45, 2.75) is 0 Å². The maximum absolute atomic E-state index is 5.46. The number of hydrogen-bond donors (Lipinski definition) is 0. The van der Waals surface area contributed by atoms with Gasteiger partial charge in [-0.15, -0.1) is 0 Å². The fourth-order valence-corrected chi connectivity index (χ4v) is 13.4. The molecule has 18 rings (SSSR count). The van der Waals surface area contributed by atoms with Crippen molar-refractivity contribution < 1.29 is 0 Å². The predicted octanol–water partition coefficient (Wildman–Crippen LogP) is 20.0. The summed E-state index contributed by atoms with van der Waals surface area (Å²) in [5.41, 5.74) is 16.1. The van der Waals surface area contributed by atoms with E-state index in [1.54, 1.807) is 0 Å². The zero-order valence-corrected chi connectivity index (χ0v) is 48.7. The molecular weight excluding hydrogens is 1120 g/mol. The van der Waals surface area contributed by atoms with Crippen LogP contribution in [0.15, 0.2) is 304 Å². The maximum Gasteiger partial charge on any atom is 0.238 e. The molecule has 12 nitrogen and oxygen atoms in total. The molecule has 0 fully saturated rings. The molecule has 2 aliphatic rings. The van der Waals surface area contributed by atoms with Crippen molar-refractivity contribution >= 4 is 112 Å². The molecule has 6 heterocycles. The Balaban J connectivity index is 0.898. The zero-order chi connectivity index (χ0) is 59.9. The van der Waals surface area contributed by atoms with Gasteiger partial charge >= 0.3 is 0 Å². The number of para-hydroxylation sites is 7. The summed E-state index contributed by atoms with van der Waals surface area (Å²) in [6, 6.07) is 102. The summed E-state index contributed by atoms with van der Waals surface area (Å²) < 4.78 is 2.33. The van der Waals surface area contributed by atoms with Crippen molar-refractivity contribution in [1.82, 2.24) is 39.5 Å². The van der Waals surface area contributed by atoms with E-state index >= 15 is 0 Å². The van der Waals surface area contributed by atoms with Crippen molar-refractivity contribution in [2.75, 3.05) is 19.6 Å². The van der Waals surface area contributed by atoms with Crippen molar-refractivity contribution in [3.63, 3.8) is 0 Å². The van der Waals surface area contributed by atoms with E-state index in [2.05, 4.69) is 217 Å². The molecule has 12 aromatic carbocycles. The highest BCUT2D eigenvalue weighted by Crippen LogP contribution is 2.61. The summed E-state index contributed by atoms with van der Waals surface area (Å²) in [6.07, 6.45) is 3.77. The number of benzene rings is 12. The average molecular weight is 1170 g/mol. The second-order valence-electron chi connectivity index (χ2n) is 22.5. The quantitative estimate of drug-likeness (QED) is 0.129. The number of nitrogens with zero attached hydrogens (tertiary/aromatic N) is 12. The largest absolute Gasteiger partial charge is 0.308 e. The summed E-state index contributed by atoms with van der Waals surface area (Å²) in [7, 11) is 0. The van der Waals surface area contributed by atoms with E-state index in [1.807, 2.05) is 116 Å². The first-order valence-electron chi connectivity index (χ1n) is 30.3. The van der Waals surface area contributed by atoms with Crippen LogP contribution >= 0.6 is 0 Å². The van der Waals surface area contributed by atoms with E-state index in [1.165, 1.54) is 0 Å². The van der Waals surface area contributed by atoms with Crippen LogP contribution < -0.4 is 19.6 Å². The second kappa shape index (κ2) is 21.0. The lowest BCUT2D eigenvalue weighted by Crippen LogP contribution is -2.27. The number of rotatable bonds is 9. The van der Waals surface area contributed by atoms with Gasteiger partial charge < -0.3 is 14.4 Å². The molecule has 0 atom stereocenters. The Labute approximate surface area is 523 Å². The van der Waals surface area contributed by atoms with Crippen molar-refractivity contribution in [3.8, 4) is 51.2 Å². The molecule has 0 saturated heterocycles. The molecular formula is C79H50N12. The third-order valence-electron chi connectivity index (χ3n) is 17.3. The molecule has 426 valence electrons. The van der Waals surface area contributed by atoms with Crippen LogP contribution in [0.3, 0.4) is 0 Å². The zero-order valence-electron chi connectivity index (χ0n) is 48.7. The Kier molecular flexibility index (Phi) is 11.9. The van der Waals surface area contributed by atoms with E-state index in [0.29, 0.717) is 35.2 Å². The van der Waals surface area contributed by atoms with E-state index in [4.69, 9.17) is 29.9 Å². The summed E-state index contributed by atoms with van der Waals surface area (Å²) in [6.45, 7) is 0. The predicted molar refractivity (Wildman–Crippen MR) is 368 cm³/mol.